The molecule has 1 aromatic heterocycles. The molecule has 0 radical (unpaired) electrons. The van der Waals surface area contributed by atoms with E-state index in [0.29, 0.717) is 0 Å². The van der Waals surface area contributed by atoms with E-state index in [2.05, 4.69) is 69.1 Å². The summed E-state index contributed by atoms with van der Waals surface area (Å²) in [7, 11) is 0. The molecule has 3 heteroatoms. The van der Waals surface area contributed by atoms with Gasteiger partial charge in [0.25, 0.3) is 0 Å². The molecule has 0 aliphatic heterocycles. The Morgan fingerprint density at radius 2 is 1.71 bits per heavy atom. The van der Waals surface area contributed by atoms with E-state index in [9.17, 15) is 0 Å². The fourth-order valence-electron chi connectivity index (χ4n) is 1.22. The first kappa shape index (κ1) is 10.4. The summed E-state index contributed by atoms with van der Waals surface area (Å²) < 4.78 is 2.34. The van der Waals surface area contributed by atoms with Crippen LogP contribution in [0.4, 0.5) is 0 Å². The lowest BCUT2D eigenvalue weighted by Crippen LogP contribution is -1.70. The normalized spacial score (nSPS) is 10.5. The second-order valence-corrected chi connectivity index (χ2v) is 6.36. The van der Waals surface area contributed by atoms with Gasteiger partial charge in [0.2, 0.25) is 0 Å². The van der Waals surface area contributed by atoms with Gasteiger partial charge in [0.1, 0.15) is 0 Å². The highest BCUT2D eigenvalue weighted by Gasteiger charge is 2.04. The molecule has 0 saturated heterocycles. The molecule has 0 atom stereocenters. The molecule has 0 bridgehead atoms. The van der Waals surface area contributed by atoms with E-state index in [-0.39, 0.29) is 0 Å². The lowest BCUT2D eigenvalue weighted by atomic mass is 10.2. The van der Waals surface area contributed by atoms with Gasteiger partial charge in [-0.3, -0.25) is 0 Å². The zero-order chi connectivity index (χ0) is 10.1. The second-order valence-electron chi connectivity index (χ2n) is 3.07. The van der Waals surface area contributed by atoms with Gasteiger partial charge in [-0.2, -0.15) is 0 Å². The van der Waals surface area contributed by atoms with E-state index >= 15 is 0 Å². The first-order chi connectivity index (χ1) is 6.66. The van der Waals surface area contributed by atoms with Crippen molar-refractivity contribution in [1.82, 2.24) is 0 Å². The van der Waals surface area contributed by atoms with E-state index in [4.69, 9.17) is 0 Å². The molecule has 0 unspecified atom stereocenters. The van der Waals surface area contributed by atoms with Crippen molar-refractivity contribution in [3.8, 4) is 10.4 Å². The molecule has 14 heavy (non-hydrogen) atoms. The molecule has 0 amide bonds. The van der Waals surface area contributed by atoms with Crippen molar-refractivity contribution in [3.63, 3.8) is 0 Å². The Balaban J connectivity index is 2.44. The van der Waals surface area contributed by atoms with Gasteiger partial charge in [0, 0.05) is 9.35 Å². The van der Waals surface area contributed by atoms with Crippen LogP contribution in [0.25, 0.3) is 10.4 Å². The third-order valence-corrected chi connectivity index (χ3v) is 4.70. The molecule has 0 saturated carbocycles. The van der Waals surface area contributed by atoms with E-state index in [0.717, 1.165) is 4.47 Å². The van der Waals surface area contributed by atoms with Crippen LogP contribution in [0.3, 0.4) is 0 Å². The summed E-state index contributed by atoms with van der Waals surface area (Å²) in [6, 6.07) is 10.6. The van der Waals surface area contributed by atoms with Crippen LogP contribution < -0.4 is 0 Å². The van der Waals surface area contributed by atoms with Crippen molar-refractivity contribution in [2.45, 2.75) is 6.92 Å². The van der Waals surface area contributed by atoms with Crippen LogP contribution in [0.5, 0.6) is 0 Å². The van der Waals surface area contributed by atoms with E-state index in [1.165, 1.54) is 19.8 Å². The average molecular weight is 332 g/mol. The largest absolute Gasteiger partial charge is 0.128 e. The molecule has 72 valence electrons. The number of hydrogen-bond acceptors (Lipinski definition) is 1. The zero-order valence-corrected chi connectivity index (χ0v) is 11.5. The van der Waals surface area contributed by atoms with Crippen LogP contribution in [-0.2, 0) is 0 Å². The summed E-state index contributed by atoms with van der Waals surface area (Å²) in [6.45, 7) is 2.11. The van der Waals surface area contributed by atoms with E-state index in [1.807, 2.05) is 0 Å². The maximum absolute atomic E-state index is 3.54. The molecule has 0 spiro atoms. The van der Waals surface area contributed by atoms with Gasteiger partial charge in [-0.15, -0.1) is 11.3 Å². The monoisotopic (exact) mass is 330 g/mol. The minimum absolute atomic E-state index is 1.12. The van der Waals surface area contributed by atoms with Gasteiger partial charge < -0.3 is 0 Å². The molecule has 0 nitrogen and oxygen atoms in total. The fourth-order valence-corrected chi connectivity index (χ4v) is 3.02. The summed E-state index contributed by atoms with van der Waals surface area (Å²) in [4.78, 5) is 1.31. The number of hydrogen-bond donors (Lipinski definition) is 0. The molecular formula is C11H8Br2S. The Morgan fingerprint density at radius 1 is 1.07 bits per heavy atom. The molecule has 1 aromatic carbocycles. The third kappa shape index (κ3) is 2.10. The van der Waals surface area contributed by atoms with Crippen molar-refractivity contribution < 1.29 is 0 Å². The summed E-state index contributed by atoms with van der Waals surface area (Å²) in [6.07, 6.45) is 0. The number of benzene rings is 1. The van der Waals surface area contributed by atoms with Crippen LogP contribution in [-0.4, -0.2) is 0 Å². The van der Waals surface area contributed by atoms with Crippen LogP contribution in [0.1, 0.15) is 5.56 Å². The molecule has 2 rings (SSSR count). The molecular weight excluding hydrogens is 324 g/mol. The van der Waals surface area contributed by atoms with Crippen LogP contribution >= 0.6 is 43.2 Å². The van der Waals surface area contributed by atoms with E-state index in [1.54, 1.807) is 11.3 Å². The molecule has 2 aromatic rings. The Kier molecular flexibility index (Phi) is 3.10. The zero-order valence-electron chi connectivity index (χ0n) is 7.55. The number of aryl methyl sites for hydroxylation is 1. The molecule has 0 N–H and O–H groups in total. The number of thiophene rings is 1. The van der Waals surface area contributed by atoms with Crippen LogP contribution in [0.15, 0.2) is 38.6 Å². The van der Waals surface area contributed by atoms with Gasteiger partial charge in [0.05, 0.1) is 3.79 Å². The second kappa shape index (κ2) is 4.17. The average Bonchev–Trinajstić information content (AvgIpc) is 2.48. The Bertz CT molecular complexity index is 423. The Hall–Kier alpha value is -0.120. The van der Waals surface area contributed by atoms with Gasteiger partial charge >= 0.3 is 0 Å². The quantitative estimate of drug-likeness (QED) is 0.669. The van der Waals surface area contributed by atoms with Crippen LogP contribution in [0.2, 0.25) is 0 Å². The van der Waals surface area contributed by atoms with Crippen molar-refractivity contribution in [3.05, 3.63) is 44.2 Å². The van der Waals surface area contributed by atoms with Crippen LogP contribution in [0, 0.1) is 6.92 Å². The van der Waals surface area contributed by atoms with Crippen molar-refractivity contribution in [2.24, 2.45) is 0 Å². The molecule has 1 heterocycles. The SMILES string of the molecule is Cc1cc(-c2ccc(Br)cc2)sc1Br. The first-order valence-corrected chi connectivity index (χ1v) is 6.59. The predicted molar refractivity (Wildman–Crippen MR) is 69.9 cm³/mol. The minimum Gasteiger partial charge on any atom is -0.128 e. The smallest absolute Gasteiger partial charge is 0.0734 e. The number of halogens is 2. The molecule has 0 aliphatic rings. The third-order valence-electron chi connectivity index (χ3n) is 1.99. The minimum atomic E-state index is 1.12. The van der Waals surface area contributed by atoms with Crippen molar-refractivity contribution in [1.29, 1.82) is 0 Å². The summed E-state index contributed by atoms with van der Waals surface area (Å²) >= 11 is 8.74. The summed E-state index contributed by atoms with van der Waals surface area (Å²) in [5.74, 6) is 0. The fraction of sp³-hybridized carbons (Fsp3) is 0.0909. The van der Waals surface area contributed by atoms with Gasteiger partial charge in [-0.1, -0.05) is 28.1 Å². The van der Waals surface area contributed by atoms with E-state index < -0.39 is 0 Å². The highest BCUT2D eigenvalue weighted by molar-refractivity contribution is 9.11. The number of rotatable bonds is 1. The van der Waals surface area contributed by atoms with Gasteiger partial charge in [-0.05, 0) is 52.2 Å². The van der Waals surface area contributed by atoms with Crippen molar-refractivity contribution in [2.75, 3.05) is 0 Å². The lowest BCUT2D eigenvalue weighted by Gasteiger charge is -1.96. The van der Waals surface area contributed by atoms with Gasteiger partial charge in [0.15, 0.2) is 0 Å². The molecule has 0 fully saturated rings. The van der Waals surface area contributed by atoms with Crippen molar-refractivity contribution >= 4 is 43.2 Å². The highest BCUT2D eigenvalue weighted by Crippen LogP contribution is 2.34. The maximum Gasteiger partial charge on any atom is 0.0734 e. The Labute approximate surface area is 104 Å². The maximum atomic E-state index is 3.54. The lowest BCUT2D eigenvalue weighted by molar-refractivity contribution is 1.52. The Morgan fingerprint density at radius 3 is 2.21 bits per heavy atom. The summed E-state index contributed by atoms with van der Waals surface area (Å²) in [5.41, 5.74) is 2.57. The topological polar surface area (TPSA) is 0 Å². The molecule has 0 aliphatic carbocycles. The van der Waals surface area contributed by atoms with Gasteiger partial charge in [-0.25, -0.2) is 0 Å². The predicted octanol–water partition coefficient (Wildman–Crippen LogP) is 5.25. The highest BCUT2D eigenvalue weighted by atomic mass is 79.9. The standard InChI is InChI=1S/C11H8Br2S/c1-7-6-10(14-11(7)13)8-2-4-9(12)5-3-8/h2-6H,1H3. The summed E-state index contributed by atoms with van der Waals surface area (Å²) in [5, 5.41) is 0. The first-order valence-electron chi connectivity index (χ1n) is 4.18.